The molecule has 0 radical (unpaired) electrons. The Balaban J connectivity index is 1.97. The van der Waals surface area contributed by atoms with E-state index < -0.39 is 0 Å². The SMILES string of the molecule is CC(=O)c1c(C)[nH]c(C(=O)NC(c2ccccc2)c2ccncc2)c1C. The largest absolute Gasteiger partial charge is 0.354 e. The van der Waals surface area contributed by atoms with Crippen LogP contribution in [0.4, 0.5) is 0 Å². The minimum atomic E-state index is -0.310. The smallest absolute Gasteiger partial charge is 0.268 e. The highest BCUT2D eigenvalue weighted by Gasteiger charge is 2.23. The molecule has 2 heterocycles. The number of hydrogen-bond acceptors (Lipinski definition) is 3. The fraction of sp³-hybridized carbons (Fsp3) is 0.190. The lowest BCUT2D eigenvalue weighted by atomic mass is 9.99. The van der Waals surface area contributed by atoms with Crippen molar-refractivity contribution in [2.24, 2.45) is 0 Å². The summed E-state index contributed by atoms with van der Waals surface area (Å²) in [5.41, 5.74) is 4.29. The van der Waals surface area contributed by atoms with Gasteiger partial charge < -0.3 is 10.3 Å². The number of benzene rings is 1. The Morgan fingerprint density at radius 3 is 2.19 bits per heavy atom. The molecule has 0 fully saturated rings. The molecule has 2 N–H and O–H groups in total. The van der Waals surface area contributed by atoms with Crippen molar-refractivity contribution in [3.05, 3.63) is 88.5 Å². The molecule has 0 aliphatic rings. The van der Waals surface area contributed by atoms with Crippen molar-refractivity contribution in [1.29, 1.82) is 0 Å². The zero-order valence-corrected chi connectivity index (χ0v) is 15.0. The molecule has 3 rings (SSSR count). The summed E-state index contributed by atoms with van der Waals surface area (Å²) in [5.74, 6) is -0.298. The first kappa shape index (κ1) is 17.6. The Kier molecular flexibility index (Phi) is 4.98. The molecule has 3 aromatic rings. The first-order chi connectivity index (χ1) is 12.5. The van der Waals surface area contributed by atoms with Crippen LogP contribution in [-0.4, -0.2) is 21.7 Å². The molecule has 1 unspecified atom stereocenters. The molecule has 26 heavy (non-hydrogen) atoms. The van der Waals surface area contributed by atoms with Crippen LogP contribution < -0.4 is 5.32 Å². The zero-order valence-electron chi connectivity index (χ0n) is 15.0. The molecular formula is C21H21N3O2. The van der Waals surface area contributed by atoms with Crippen LogP contribution in [0.2, 0.25) is 0 Å². The predicted molar refractivity (Wildman–Crippen MR) is 100 cm³/mol. The summed E-state index contributed by atoms with van der Waals surface area (Å²) >= 11 is 0. The van der Waals surface area contributed by atoms with Crippen LogP contribution in [0.5, 0.6) is 0 Å². The highest BCUT2D eigenvalue weighted by Crippen LogP contribution is 2.24. The number of carbonyl (C=O) groups excluding carboxylic acids is 2. The highest BCUT2D eigenvalue weighted by molar-refractivity contribution is 6.02. The first-order valence-corrected chi connectivity index (χ1v) is 8.45. The molecule has 2 aromatic heterocycles. The quantitative estimate of drug-likeness (QED) is 0.690. The lowest BCUT2D eigenvalue weighted by Crippen LogP contribution is -2.30. The monoisotopic (exact) mass is 347 g/mol. The molecule has 0 aliphatic carbocycles. The Morgan fingerprint density at radius 1 is 1.00 bits per heavy atom. The Bertz CT molecular complexity index is 891. The summed E-state index contributed by atoms with van der Waals surface area (Å²) in [7, 11) is 0. The molecule has 1 amide bonds. The second-order valence-electron chi connectivity index (χ2n) is 6.28. The van der Waals surface area contributed by atoms with Crippen LogP contribution in [0.15, 0.2) is 54.9 Å². The summed E-state index contributed by atoms with van der Waals surface area (Å²) in [6.45, 7) is 5.10. The number of aromatic amines is 1. The fourth-order valence-electron chi connectivity index (χ4n) is 3.27. The molecule has 1 atom stereocenters. The van der Waals surface area contributed by atoms with Gasteiger partial charge in [-0.1, -0.05) is 30.3 Å². The first-order valence-electron chi connectivity index (χ1n) is 8.45. The Hall–Kier alpha value is -3.21. The summed E-state index contributed by atoms with van der Waals surface area (Å²) in [6, 6.07) is 13.2. The molecule has 0 aliphatic heterocycles. The third-order valence-electron chi connectivity index (χ3n) is 4.46. The number of ketones is 1. The Morgan fingerprint density at radius 2 is 1.62 bits per heavy atom. The molecule has 0 spiro atoms. The van der Waals surface area contributed by atoms with Gasteiger partial charge in [0.2, 0.25) is 0 Å². The van der Waals surface area contributed by atoms with E-state index in [4.69, 9.17) is 0 Å². The molecule has 0 saturated heterocycles. The van der Waals surface area contributed by atoms with Gasteiger partial charge in [-0.15, -0.1) is 0 Å². The van der Waals surface area contributed by atoms with Crippen molar-refractivity contribution in [2.75, 3.05) is 0 Å². The fourth-order valence-corrected chi connectivity index (χ4v) is 3.27. The van der Waals surface area contributed by atoms with Crippen LogP contribution in [0.25, 0.3) is 0 Å². The van der Waals surface area contributed by atoms with E-state index in [2.05, 4.69) is 15.3 Å². The van der Waals surface area contributed by atoms with Gasteiger partial charge in [-0.2, -0.15) is 0 Å². The number of carbonyl (C=O) groups is 2. The van der Waals surface area contributed by atoms with Crippen molar-refractivity contribution in [2.45, 2.75) is 26.8 Å². The number of Topliss-reactive ketones (excluding diaryl/α,β-unsaturated/α-hetero) is 1. The van der Waals surface area contributed by atoms with E-state index in [0.29, 0.717) is 22.5 Å². The second-order valence-corrected chi connectivity index (χ2v) is 6.28. The van der Waals surface area contributed by atoms with E-state index in [9.17, 15) is 9.59 Å². The maximum atomic E-state index is 12.9. The van der Waals surface area contributed by atoms with Gasteiger partial charge in [-0.05, 0) is 49.6 Å². The van der Waals surface area contributed by atoms with Crippen LogP contribution in [-0.2, 0) is 0 Å². The van der Waals surface area contributed by atoms with Gasteiger partial charge in [0.15, 0.2) is 5.78 Å². The van der Waals surface area contributed by atoms with Crippen LogP contribution in [0.1, 0.15) is 56.2 Å². The maximum absolute atomic E-state index is 12.9. The topological polar surface area (TPSA) is 74.8 Å². The van der Waals surface area contributed by atoms with Gasteiger partial charge in [0, 0.05) is 23.7 Å². The number of nitrogens with zero attached hydrogens (tertiary/aromatic N) is 1. The van der Waals surface area contributed by atoms with E-state index in [1.54, 1.807) is 26.2 Å². The van der Waals surface area contributed by atoms with Crippen LogP contribution in [0, 0.1) is 13.8 Å². The number of aromatic nitrogens is 2. The Labute approximate surface area is 152 Å². The summed E-state index contributed by atoms with van der Waals surface area (Å²) in [5, 5.41) is 3.08. The minimum absolute atomic E-state index is 0.0518. The summed E-state index contributed by atoms with van der Waals surface area (Å²) < 4.78 is 0. The molecular weight excluding hydrogens is 326 g/mol. The van der Waals surface area contributed by atoms with Crippen LogP contribution >= 0.6 is 0 Å². The van der Waals surface area contributed by atoms with E-state index in [0.717, 1.165) is 11.1 Å². The molecule has 5 heteroatoms. The number of amides is 1. The highest BCUT2D eigenvalue weighted by atomic mass is 16.2. The standard InChI is InChI=1S/C21H21N3O2/c1-13-18(15(3)25)14(2)23-19(13)21(26)24-20(16-7-5-4-6-8-16)17-9-11-22-12-10-17/h4-12,20,23H,1-3H3,(H,24,26). The molecule has 0 bridgehead atoms. The lowest BCUT2D eigenvalue weighted by molar-refractivity contribution is 0.0937. The molecule has 0 saturated carbocycles. The van der Waals surface area contributed by atoms with Crippen molar-refractivity contribution in [3.63, 3.8) is 0 Å². The zero-order chi connectivity index (χ0) is 18.7. The number of pyridine rings is 1. The van der Waals surface area contributed by atoms with Crippen molar-refractivity contribution < 1.29 is 9.59 Å². The number of H-pyrrole nitrogens is 1. The second kappa shape index (κ2) is 7.35. The van der Waals surface area contributed by atoms with Crippen molar-refractivity contribution >= 4 is 11.7 Å². The summed E-state index contributed by atoms with van der Waals surface area (Å²) in [6.07, 6.45) is 3.41. The van der Waals surface area contributed by atoms with Gasteiger partial charge >= 0.3 is 0 Å². The predicted octanol–water partition coefficient (Wildman–Crippen LogP) is 3.75. The molecule has 132 valence electrons. The number of nitrogens with one attached hydrogen (secondary N) is 2. The van der Waals surface area contributed by atoms with Gasteiger partial charge in [-0.3, -0.25) is 14.6 Å². The number of hydrogen-bond donors (Lipinski definition) is 2. The number of aryl methyl sites for hydroxylation is 1. The van der Waals surface area contributed by atoms with E-state index in [1.165, 1.54) is 6.92 Å². The average molecular weight is 347 g/mol. The van der Waals surface area contributed by atoms with Crippen molar-refractivity contribution in [3.8, 4) is 0 Å². The maximum Gasteiger partial charge on any atom is 0.268 e. The van der Waals surface area contributed by atoms with Crippen LogP contribution in [0.3, 0.4) is 0 Å². The van der Waals surface area contributed by atoms with Gasteiger partial charge in [0.05, 0.1) is 6.04 Å². The third kappa shape index (κ3) is 3.42. The summed E-state index contributed by atoms with van der Waals surface area (Å²) in [4.78, 5) is 31.9. The normalized spacial score (nSPS) is 11.8. The van der Waals surface area contributed by atoms with E-state index >= 15 is 0 Å². The van der Waals surface area contributed by atoms with Crippen molar-refractivity contribution in [1.82, 2.24) is 15.3 Å². The molecule has 5 nitrogen and oxygen atoms in total. The van der Waals surface area contributed by atoms with E-state index in [-0.39, 0.29) is 17.7 Å². The van der Waals surface area contributed by atoms with Gasteiger partial charge in [0.25, 0.3) is 5.91 Å². The number of rotatable bonds is 5. The minimum Gasteiger partial charge on any atom is -0.354 e. The lowest BCUT2D eigenvalue weighted by Gasteiger charge is -2.19. The third-order valence-corrected chi connectivity index (χ3v) is 4.46. The average Bonchev–Trinajstić information content (AvgIpc) is 2.95. The van der Waals surface area contributed by atoms with Gasteiger partial charge in [0.1, 0.15) is 5.69 Å². The molecule has 1 aromatic carbocycles. The van der Waals surface area contributed by atoms with E-state index in [1.807, 2.05) is 42.5 Å². The van der Waals surface area contributed by atoms with Gasteiger partial charge in [-0.25, -0.2) is 0 Å².